The van der Waals surface area contributed by atoms with Crippen molar-refractivity contribution in [2.75, 3.05) is 18.5 Å². The Bertz CT molecular complexity index is 600. The molecule has 0 spiro atoms. The van der Waals surface area contributed by atoms with E-state index in [0.717, 1.165) is 12.5 Å². The van der Waals surface area contributed by atoms with Crippen LogP contribution in [0.1, 0.15) is 12.8 Å². The molecule has 1 amide bonds. The average molecular weight is 329 g/mol. The molecule has 0 aromatic heterocycles. The molecule has 0 aliphatic carbocycles. The van der Waals surface area contributed by atoms with Gasteiger partial charge in [0, 0.05) is 17.7 Å². The van der Waals surface area contributed by atoms with Crippen molar-refractivity contribution in [2.45, 2.75) is 18.9 Å². The molecule has 1 aliphatic rings. The van der Waals surface area contributed by atoms with Gasteiger partial charge in [0.2, 0.25) is 0 Å². The van der Waals surface area contributed by atoms with Gasteiger partial charge in [-0.25, -0.2) is 4.79 Å². The molecular formula is C13H13ClN2O6. The fourth-order valence-electron chi connectivity index (χ4n) is 1.94. The van der Waals surface area contributed by atoms with Gasteiger partial charge in [-0.05, 0) is 25.0 Å². The summed E-state index contributed by atoms with van der Waals surface area (Å²) in [7, 11) is 0. The van der Waals surface area contributed by atoms with Crippen molar-refractivity contribution in [1.29, 1.82) is 0 Å². The molecule has 118 valence electrons. The molecule has 8 nitrogen and oxygen atoms in total. The lowest BCUT2D eigenvalue weighted by Crippen LogP contribution is -2.27. The first-order valence-electron chi connectivity index (χ1n) is 6.49. The van der Waals surface area contributed by atoms with Crippen molar-refractivity contribution < 1.29 is 24.0 Å². The molecule has 9 heteroatoms. The molecule has 1 atom stereocenters. The number of nitrogens with zero attached hydrogens (tertiary/aromatic N) is 1. The molecule has 0 bridgehead atoms. The van der Waals surface area contributed by atoms with E-state index in [0.29, 0.717) is 13.0 Å². The number of anilines is 1. The summed E-state index contributed by atoms with van der Waals surface area (Å²) in [5.74, 6) is -1.30. The highest BCUT2D eigenvalue weighted by Crippen LogP contribution is 2.27. The van der Waals surface area contributed by atoms with Gasteiger partial charge in [-0.15, -0.1) is 0 Å². The zero-order valence-electron chi connectivity index (χ0n) is 11.4. The lowest BCUT2D eigenvalue weighted by Gasteiger charge is -2.10. The predicted octanol–water partition coefficient (Wildman–Crippen LogP) is 1.91. The van der Waals surface area contributed by atoms with Crippen LogP contribution < -0.4 is 5.32 Å². The first kappa shape index (κ1) is 16.2. The van der Waals surface area contributed by atoms with E-state index in [1.807, 2.05) is 0 Å². The van der Waals surface area contributed by atoms with Crippen LogP contribution in [0.3, 0.4) is 0 Å². The molecule has 2 rings (SSSR count). The summed E-state index contributed by atoms with van der Waals surface area (Å²) in [6.07, 6.45) is 0.684. The van der Waals surface area contributed by atoms with Crippen LogP contribution in [0.25, 0.3) is 0 Å². The molecule has 1 aliphatic heterocycles. The molecule has 1 fully saturated rings. The number of nitro groups is 1. The summed E-state index contributed by atoms with van der Waals surface area (Å²) in [6.45, 7) is -0.0542. The molecular weight excluding hydrogens is 316 g/mol. The van der Waals surface area contributed by atoms with Crippen LogP contribution in [0, 0.1) is 10.1 Å². The van der Waals surface area contributed by atoms with Gasteiger partial charge in [0.15, 0.2) is 12.7 Å². The Morgan fingerprint density at radius 3 is 2.91 bits per heavy atom. The van der Waals surface area contributed by atoms with E-state index in [4.69, 9.17) is 21.1 Å². The molecule has 1 N–H and O–H groups in total. The van der Waals surface area contributed by atoms with Gasteiger partial charge in [-0.3, -0.25) is 14.9 Å². The maximum Gasteiger partial charge on any atom is 0.335 e. The van der Waals surface area contributed by atoms with E-state index < -0.39 is 29.5 Å². The standard InChI is InChI=1S/C13H13ClN2O6/c14-8-3-4-9(10(6-8)16(19)20)15-12(17)7-22-13(18)11-2-1-5-21-11/h3-4,6,11H,1-2,5,7H2,(H,15,17)/t11-/m0/s1. The van der Waals surface area contributed by atoms with Crippen LogP contribution in [-0.4, -0.2) is 36.1 Å². The van der Waals surface area contributed by atoms with Gasteiger partial charge in [0.1, 0.15) is 5.69 Å². The average Bonchev–Trinajstić information content (AvgIpc) is 3.00. The second-order valence-electron chi connectivity index (χ2n) is 4.58. The Labute approximate surface area is 130 Å². The number of carbonyl (C=O) groups excluding carboxylic acids is 2. The van der Waals surface area contributed by atoms with Gasteiger partial charge in [-0.2, -0.15) is 0 Å². The maximum absolute atomic E-state index is 11.7. The SMILES string of the molecule is O=C(COC(=O)[C@@H]1CCCO1)Nc1ccc(Cl)cc1[N+](=O)[O-]. The molecule has 1 aromatic rings. The molecule has 1 heterocycles. The predicted molar refractivity (Wildman–Crippen MR) is 76.7 cm³/mol. The third-order valence-electron chi connectivity index (χ3n) is 2.97. The van der Waals surface area contributed by atoms with Crippen LogP contribution in [0.4, 0.5) is 11.4 Å². The molecule has 0 unspecified atom stereocenters. The Kier molecular flexibility index (Phi) is 5.29. The minimum absolute atomic E-state index is 0.0208. The van der Waals surface area contributed by atoms with Gasteiger partial charge < -0.3 is 14.8 Å². The van der Waals surface area contributed by atoms with Crippen molar-refractivity contribution in [3.8, 4) is 0 Å². The first-order chi connectivity index (χ1) is 10.5. The second-order valence-corrected chi connectivity index (χ2v) is 5.01. The van der Waals surface area contributed by atoms with Gasteiger partial charge in [-0.1, -0.05) is 11.6 Å². The lowest BCUT2D eigenvalue weighted by atomic mass is 10.2. The van der Waals surface area contributed by atoms with Crippen molar-refractivity contribution in [3.63, 3.8) is 0 Å². The Hall–Kier alpha value is -2.19. The number of hydrogen-bond donors (Lipinski definition) is 1. The summed E-state index contributed by atoms with van der Waals surface area (Å²) in [4.78, 5) is 33.5. The number of esters is 1. The lowest BCUT2D eigenvalue weighted by molar-refractivity contribution is -0.383. The number of ether oxygens (including phenoxy) is 2. The maximum atomic E-state index is 11.7. The number of rotatable bonds is 5. The summed E-state index contributed by atoms with van der Waals surface area (Å²) < 4.78 is 9.93. The number of hydrogen-bond acceptors (Lipinski definition) is 6. The van der Waals surface area contributed by atoms with E-state index in [9.17, 15) is 19.7 Å². The van der Waals surface area contributed by atoms with Gasteiger partial charge in [0.05, 0.1) is 4.92 Å². The summed E-state index contributed by atoms with van der Waals surface area (Å²) in [5.41, 5.74) is -0.362. The van der Waals surface area contributed by atoms with Crippen molar-refractivity contribution in [1.82, 2.24) is 0 Å². The largest absolute Gasteiger partial charge is 0.454 e. The highest BCUT2D eigenvalue weighted by atomic mass is 35.5. The van der Waals surface area contributed by atoms with Crippen LogP contribution in [0.15, 0.2) is 18.2 Å². The molecule has 0 saturated carbocycles. The fourth-order valence-corrected chi connectivity index (χ4v) is 2.11. The van der Waals surface area contributed by atoms with Gasteiger partial charge >= 0.3 is 5.97 Å². The van der Waals surface area contributed by atoms with Gasteiger partial charge in [0.25, 0.3) is 11.6 Å². The van der Waals surface area contributed by atoms with Crippen molar-refractivity contribution >= 4 is 34.9 Å². The highest BCUT2D eigenvalue weighted by Gasteiger charge is 2.26. The van der Waals surface area contributed by atoms with Crippen LogP contribution in [0.2, 0.25) is 5.02 Å². The molecule has 1 saturated heterocycles. The molecule has 22 heavy (non-hydrogen) atoms. The van der Waals surface area contributed by atoms with E-state index in [2.05, 4.69) is 5.32 Å². The van der Waals surface area contributed by atoms with Crippen molar-refractivity contribution in [3.05, 3.63) is 33.3 Å². The van der Waals surface area contributed by atoms with Crippen molar-refractivity contribution in [2.24, 2.45) is 0 Å². The third-order valence-corrected chi connectivity index (χ3v) is 3.20. The van der Waals surface area contributed by atoms with Crippen LogP contribution in [-0.2, 0) is 19.1 Å². The molecule has 1 aromatic carbocycles. The van der Waals surface area contributed by atoms with E-state index in [-0.39, 0.29) is 16.4 Å². The summed E-state index contributed by atoms with van der Waals surface area (Å²) >= 11 is 5.67. The van der Waals surface area contributed by atoms with E-state index in [1.165, 1.54) is 12.1 Å². The fraction of sp³-hybridized carbons (Fsp3) is 0.385. The summed E-state index contributed by atoms with van der Waals surface area (Å²) in [5, 5.41) is 13.4. The number of nitrogens with one attached hydrogen (secondary N) is 1. The number of benzene rings is 1. The Morgan fingerprint density at radius 1 is 1.50 bits per heavy atom. The van der Waals surface area contributed by atoms with E-state index >= 15 is 0 Å². The minimum Gasteiger partial charge on any atom is -0.454 e. The number of halogens is 1. The monoisotopic (exact) mass is 328 g/mol. The Balaban J connectivity index is 1.92. The van der Waals surface area contributed by atoms with Crippen LogP contribution in [0.5, 0.6) is 0 Å². The van der Waals surface area contributed by atoms with Crippen LogP contribution >= 0.6 is 11.6 Å². The summed E-state index contributed by atoms with van der Waals surface area (Å²) in [6, 6.07) is 3.83. The number of nitro benzene ring substituents is 1. The smallest absolute Gasteiger partial charge is 0.335 e. The Morgan fingerprint density at radius 2 is 2.27 bits per heavy atom. The first-order valence-corrected chi connectivity index (χ1v) is 6.87. The van der Waals surface area contributed by atoms with E-state index in [1.54, 1.807) is 0 Å². The zero-order chi connectivity index (χ0) is 16.1. The normalized spacial score (nSPS) is 17.0. The minimum atomic E-state index is -0.684. The third kappa shape index (κ3) is 4.15. The molecule has 0 radical (unpaired) electrons. The topological polar surface area (TPSA) is 108 Å². The second kappa shape index (κ2) is 7.19. The highest BCUT2D eigenvalue weighted by molar-refractivity contribution is 6.31. The zero-order valence-corrected chi connectivity index (χ0v) is 12.2. The number of amides is 1. The number of carbonyl (C=O) groups is 2. The quantitative estimate of drug-likeness (QED) is 0.502.